The summed E-state index contributed by atoms with van der Waals surface area (Å²) in [5.41, 5.74) is 15.8. The second-order valence-electron chi connectivity index (χ2n) is 14.8. The third-order valence-corrected chi connectivity index (χ3v) is 12.3. The summed E-state index contributed by atoms with van der Waals surface area (Å²) in [5.74, 6) is 2.52. The van der Waals surface area contributed by atoms with Crippen molar-refractivity contribution in [1.29, 1.82) is 0 Å². The van der Waals surface area contributed by atoms with Gasteiger partial charge < -0.3 is 4.74 Å². The molecule has 0 saturated heterocycles. The van der Waals surface area contributed by atoms with Gasteiger partial charge in [0.25, 0.3) is 0 Å². The van der Waals surface area contributed by atoms with Crippen LogP contribution in [0.5, 0.6) is 11.5 Å². The van der Waals surface area contributed by atoms with E-state index in [-0.39, 0.29) is 0 Å². The van der Waals surface area contributed by atoms with E-state index in [1.165, 1.54) is 61.2 Å². The smallest absolute Gasteiger partial charge is 0.159 e. The van der Waals surface area contributed by atoms with E-state index < -0.39 is 10.8 Å². The number of rotatable bonds is 2. The van der Waals surface area contributed by atoms with E-state index in [2.05, 4.69) is 164 Å². The highest BCUT2D eigenvalue weighted by Gasteiger charge is 2.58. The van der Waals surface area contributed by atoms with Crippen molar-refractivity contribution < 1.29 is 4.74 Å². The monoisotopic (exact) mass is 700 g/mol. The van der Waals surface area contributed by atoms with Crippen LogP contribution in [0.2, 0.25) is 0 Å². The van der Waals surface area contributed by atoms with Gasteiger partial charge in [0.05, 0.1) is 16.3 Å². The fourth-order valence-corrected chi connectivity index (χ4v) is 10.1. The molecule has 3 heteroatoms. The number of benzene rings is 8. The summed E-state index contributed by atoms with van der Waals surface area (Å²) in [4.78, 5) is 9.56. The van der Waals surface area contributed by atoms with Crippen LogP contribution in [0, 0.1) is 0 Å². The van der Waals surface area contributed by atoms with E-state index in [1.807, 2.05) is 30.5 Å². The molecule has 0 amide bonds. The van der Waals surface area contributed by atoms with Gasteiger partial charge in [0.2, 0.25) is 0 Å². The molecule has 0 N–H and O–H groups in total. The minimum atomic E-state index is -0.583. The topological polar surface area (TPSA) is 35.0 Å². The van der Waals surface area contributed by atoms with Gasteiger partial charge in [-0.25, -0.2) is 9.97 Å². The minimum Gasteiger partial charge on any atom is -0.457 e. The number of hydrogen-bond acceptors (Lipinski definition) is 3. The normalized spacial score (nSPS) is 14.6. The summed E-state index contributed by atoms with van der Waals surface area (Å²) in [6.45, 7) is 0. The first-order valence-corrected chi connectivity index (χ1v) is 18.9. The zero-order valence-corrected chi connectivity index (χ0v) is 29.8. The molecule has 55 heavy (non-hydrogen) atoms. The van der Waals surface area contributed by atoms with Crippen molar-refractivity contribution in [1.82, 2.24) is 9.97 Å². The Bertz CT molecular complexity index is 2940. The van der Waals surface area contributed by atoms with E-state index in [0.29, 0.717) is 0 Å². The lowest BCUT2D eigenvalue weighted by atomic mass is 9.51. The second-order valence-corrected chi connectivity index (χ2v) is 14.8. The average Bonchev–Trinajstić information content (AvgIpc) is 3.55. The maximum atomic E-state index is 6.68. The predicted octanol–water partition coefficient (Wildman–Crippen LogP) is 12.1. The van der Waals surface area contributed by atoms with Crippen LogP contribution in [0.3, 0.4) is 0 Å². The number of aromatic nitrogens is 2. The summed E-state index contributed by atoms with van der Waals surface area (Å²) in [5, 5.41) is 1.04. The van der Waals surface area contributed by atoms with E-state index in [1.54, 1.807) is 0 Å². The van der Waals surface area contributed by atoms with Gasteiger partial charge >= 0.3 is 0 Å². The maximum Gasteiger partial charge on any atom is 0.159 e. The summed E-state index contributed by atoms with van der Waals surface area (Å²) >= 11 is 0. The van der Waals surface area contributed by atoms with Crippen LogP contribution in [0.4, 0.5) is 0 Å². The van der Waals surface area contributed by atoms with E-state index in [0.717, 1.165) is 39.4 Å². The molecule has 0 bridgehead atoms. The molecule has 2 aliphatic carbocycles. The maximum absolute atomic E-state index is 6.68. The van der Waals surface area contributed by atoms with Crippen LogP contribution in [-0.4, -0.2) is 9.97 Å². The van der Waals surface area contributed by atoms with Gasteiger partial charge in [0.15, 0.2) is 5.82 Å². The second kappa shape index (κ2) is 11.2. The van der Waals surface area contributed by atoms with Gasteiger partial charge in [-0.1, -0.05) is 164 Å². The number of hydrogen-bond donors (Lipinski definition) is 0. The Morgan fingerprint density at radius 2 is 0.836 bits per heavy atom. The Balaban J connectivity index is 1.11. The molecular weight excluding hydrogens is 669 g/mol. The SMILES string of the molecule is c1ccc2c(c1)Oc1ccccc1C21c2ccccc2C2(c3ccccc3-c3ccc(-c4ccc(-c5ncc6ccccc6n5)cc4)cc32)c2ccccc21. The van der Waals surface area contributed by atoms with Crippen LogP contribution in [0.15, 0.2) is 194 Å². The van der Waals surface area contributed by atoms with Crippen LogP contribution in [0.25, 0.3) is 44.5 Å². The highest BCUT2D eigenvalue weighted by Crippen LogP contribution is 2.67. The van der Waals surface area contributed by atoms with Crippen molar-refractivity contribution in [3.8, 4) is 45.1 Å². The van der Waals surface area contributed by atoms with E-state index >= 15 is 0 Å². The predicted molar refractivity (Wildman–Crippen MR) is 220 cm³/mol. The molecule has 0 atom stereocenters. The first kappa shape index (κ1) is 30.4. The Morgan fingerprint density at radius 3 is 1.49 bits per heavy atom. The van der Waals surface area contributed by atoms with Gasteiger partial charge in [-0.15, -0.1) is 0 Å². The van der Waals surface area contributed by atoms with Crippen molar-refractivity contribution in [3.63, 3.8) is 0 Å². The highest BCUT2D eigenvalue weighted by atomic mass is 16.5. The lowest BCUT2D eigenvalue weighted by Gasteiger charge is -2.51. The molecular formula is C52H32N2O. The minimum absolute atomic E-state index is 0.554. The summed E-state index contributed by atoms with van der Waals surface area (Å²) < 4.78 is 6.68. The molecule has 0 fully saturated rings. The molecule has 0 radical (unpaired) electrons. The molecule has 8 aromatic carbocycles. The molecule has 2 heterocycles. The number of para-hydroxylation sites is 3. The Labute approximate surface area is 319 Å². The number of nitrogens with zero attached hydrogens (tertiary/aromatic N) is 2. The Kier molecular flexibility index (Phi) is 6.19. The molecule has 0 unspecified atom stereocenters. The molecule has 0 saturated carbocycles. The quantitative estimate of drug-likeness (QED) is 0.180. The van der Waals surface area contributed by atoms with Crippen molar-refractivity contribution in [2.75, 3.05) is 0 Å². The third kappa shape index (κ3) is 3.94. The van der Waals surface area contributed by atoms with Crippen molar-refractivity contribution in [2.24, 2.45) is 0 Å². The summed E-state index contributed by atoms with van der Waals surface area (Å²) in [6, 6.07) is 68.5. The molecule has 2 spiro atoms. The van der Waals surface area contributed by atoms with E-state index in [9.17, 15) is 0 Å². The van der Waals surface area contributed by atoms with Gasteiger partial charge in [-0.3, -0.25) is 0 Å². The molecule has 256 valence electrons. The van der Waals surface area contributed by atoms with E-state index in [4.69, 9.17) is 14.7 Å². The van der Waals surface area contributed by atoms with Gasteiger partial charge in [0, 0.05) is 28.3 Å². The molecule has 12 rings (SSSR count). The number of ether oxygens (including phenoxy) is 1. The molecule has 1 aromatic heterocycles. The molecule has 9 aromatic rings. The third-order valence-electron chi connectivity index (χ3n) is 12.3. The first-order valence-electron chi connectivity index (χ1n) is 18.9. The summed E-state index contributed by atoms with van der Waals surface area (Å²) in [6.07, 6.45) is 1.91. The molecule has 3 aliphatic rings. The fourth-order valence-electron chi connectivity index (χ4n) is 10.1. The van der Waals surface area contributed by atoms with Gasteiger partial charge in [-0.05, 0) is 79.9 Å². The first-order chi connectivity index (χ1) is 27.3. The average molecular weight is 701 g/mol. The lowest BCUT2D eigenvalue weighted by Crippen LogP contribution is -2.45. The van der Waals surface area contributed by atoms with Crippen LogP contribution in [-0.2, 0) is 10.8 Å². The summed E-state index contributed by atoms with van der Waals surface area (Å²) in [7, 11) is 0. The van der Waals surface area contributed by atoms with Gasteiger partial charge in [0.1, 0.15) is 11.5 Å². The lowest BCUT2D eigenvalue weighted by molar-refractivity contribution is 0.429. The molecule has 1 aliphatic heterocycles. The molecule has 3 nitrogen and oxygen atoms in total. The Hall–Kier alpha value is -7.10. The highest BCUT2D eigenvalue weighted by molar-refractivity contribution is 5.92. The van der Waals surface area contributed by atoms with Crippen molar-refractivity contribution in [2.45, 2.75) is 10.8 Å². The van der Waals surface area contributed by atoms with Crippen molar-refractivity contribution >= 4 is 10.9 Å². The van der Waals surface area contributed by atoms with Crippen LogP contribution in [0.1, 0.15) is 44.5 Å². The Morgan fingerprint density at radius 1 is 0.364 bits per heavy atom. The van der Waals surface area contributed by atoms with Crippen LogP contribution >= 0.6 is 0 Å². The van der Waals surface area contributed by atoms with Gasteiger partial charge in [-0.2, -0.15) is 0 Å². The van der Waals surface area contributed by atoms with Crippen LogP contribution < -0.4 is 4.74 Å². The fraction of sp³-hybridized carbons (Fsp3) is 0.0385. The largest absolute Gasteiger partial charge is 0.457 e. The van der Waals surface area contributed by atoms with Crippen molar-refractivity contribution in [3.05, 3.63) is 239 Å². The zero-order chi connectivity index (χ0) is 36.1. The number of fused-ring (bicyclic) bond motifs is 16. The standard InChI is InChI=1S/C52H32N2O/c1-10-22-47-36(13-1)32-53-50(54-47)34-27-25-33(26-28-34)35-29-30-38-37-14-2-3-15-39(37)51(46(38)31-35)40-16-4-6-18-42(40)52(43-19-7-5-17-41(43)51)44-20-8-11-23-48(44)55-49-24-12-9-21-45(49)52/h1-32H. The zero-order valence-electron chi connectivity index (χ0n) is 29.8.